The zero-order valence-corrected chi connectivity index (χ0v) is 13.9. The van der Waals surface area contributed by atoms with E-state index in [1.807, 2.05) is 13.0 Å². The van der Waals surface area contributed by atoms with Crippen LogP contribution in [-0.4, -0.2) is 23.4 Å². The van der Waals surface area contributed by atoms with E-state index >= 15 is 0 Å². The molecule has 3 atom stereocenters. The van der Waals surface area contributed by atoms with Crippen molar-refractivity contribution in [2.45, 2.75) is 45.2 Å². The van der Waals surface area contributed by atoms with E-state index in [9.17, 15) is 0 Å². The van der Waals surface area contributed by atoms with E-state index in [-0.39, 0.29) is 12.1 Å². The van der Waals surface area contributed by atoms with Gasteiger partial charge in [0.2, 0.25) is 11.8 Å². The predicted molar refractivity (Wildman–Crippen MR) is 88.0 cm³/mol. The van der Waals surface area contributed by atoms with Crippen LogP contribution in [0.3, 0.4) is 0 Å². The molecule has 1 aromatic heterocycles. The van der Waals surface area contributed by atoms with Crippen LogP contribution in [0.4, 0.5) is 0 Å². The van der Waals surface area contributed by atoms with Crippen molar-refractivity contribution in [3.63, 3.8) is 0 Å². The normalized spacial score (nSPS) is 20.5. The number of nitrogens with one attached hydrogen (secondary N) is 1. The first kappa shape index (κ1) is 16.1. The van der Waals surface area contributed by atoms with Gasteiger partial charge in [0.25, 0.3) is 0 Å². The molecule has 3 rings (SSSR count). The molecule has 0 aliphatic carbocycles. The number of aromatic nitrogens is 2. The van der Waals surface area contributed by atoms with Crippen LogP contribution in [-0.2, 0) is 11.2 Å². The first-order valence-electron chi connectivity index (χ1n) is 8.47. The van der Waals surface area contributed by atoms with Crippen LogP contribution in [0.1, 0.15) is 56.1 Å². The number of ether oxygens (including phenoxy) is 1. The van der Waals surface area contributed by atoms with Gasteiger partial charge in [0.05, 0.1) is 6.04 Å². The summed E-state index contributed by atoms with van der Waals surface area (Å²) < 4.78 is 11.2. The monoisotopic (exact) mass is 315 g/mol. The molecule has 0 amide bonds. The van der Waals surface area contributed by atoms with Crippen molar-refractivity contribution in [1.29, 1.82) is 0 Å². The molecule has 23 heavy (non-hydrogen) atoms. The summed E-state index contributed by atoms with van der Waals surface area (Å²) in [6, 6.07) is 10.8. The van der Waals surface area contributed by atoms with Gasteiger partial charge in [0.1, 0.15) is 0 Å². The molecule has 124 valence electrons. The Bertz CT molecular complexity index is 593. The SMILES string of the molecule is CCc1nnc([C@H](C)N[C@H](C[C@H]2CCOC2)c2ccccc2)o1. The van der Waals surface area contributed by atoms with Crippen LogP contribution >= 0.6 is 0 Å². The minimum atomic E-state index is 0.0235. The maximum atomic E-state index is 5.69. The largest absolute Gasteiger partial charge is 0.424 e. The summed E-state index contributed by atoms with van der Waals surface area (Å²) in [5.74, 6) is 1.95. The van der Waals surface area contributed by atoms with Crippen molar-refractivity contribution in [1.82, 2.24) is 15.5 Å². The van der Waals surface area contributed by atoms with Crippen molar-refractivity contribution in [3.8, 4) is 0 Å². The molecule has 1 aliphatic rings. The molecular weight excluding hydrogens is 290 g/mol. The molecule has 0 unspecified atom stereocenters. The van der Waals surface area contributed by atoms with Gasteiger partial charge in [-0.25, -0.2) is 0 Å². The van der Waals surface area contributed by atoms with Gasteiger partial charge < -0.3 is 9.15 Å². The molecule has 1 aliphatic heterocycles. The molecule has 0 bridgehead atoms. The Kier molecular flexibility index (Phi) is 5.41. The summed E-state index contributed by atoms with van der Waals surface area (Å²) in [7, 11) is 0. The Morgan fingerprint density at radius 2 is 2.09 bits per heavy atom. The number of aryl methyl sites for hydroxylation is 1. The second-order valence-electron chi connectivity index (χ2n) is 6.20. The lowest BCUT2D eigenvalue weighted by atomic mass is 9.93. The number of benzene rings is 1. The molecule has 0 saturated carbocycles. The average Bonchev–Trinajstić information content (AvgIpc) is 3.26. The highest BCUT2D eigenvalue weighted by atomic mass is 16.5. The molecule has 1 aromatic carbocycles. The topological polar surface area (TPSA) is 60.2 Å². The van der Waals surface area contributed by atoms with Crippen molar-refractivity contribution in [2.24, 2.45) is 5.92 Å². The van der Waals surface area contributed by atoms with Gasteiger partial charge in [0.15, 0.2) is 0 Å². The fourth-order valence-corrected chi connectivity index (χ4v) is 3.05. The van der Waals surface area contributed by atoms with Crippen LogP contribution in [0.5, 0.6) is 0 Å². The smallest absolute Gasteiger partial charge is 0.233 e. The standard InChI is InChI=1S/C18H25N3O2/c1-3-17-20-21-18(23-17)13(2)19-16(11-14-9-10-22-12-14)15-7-5-4-6-8-15/h4-8,13-14,16,19H,3,9-12H2,1-2H3/t13-,14+,16+/m0/s1. The van der Waals surface area contributed by atoms with E-state index in [0.29, 0.717) is 17.7 Å². The van der Waals surface area contributed by atoms with Gasteiger partial charge in [-0.1, -0.05) is 37.3 Å². The van der Waals surface area contributed by atoms with E-state index < -0.39 is 0 Å². The Labute approximate surface area is 137 Å². The number of nitrogens with zero attached hydrogens (tertiary/aromatic N) is 2. The summed E-state index contributed by atoms with van der Waals surface area (Å²) >= 11 is 0. The van der Waals surface area contributed by atoms with Gasteiger partial charge in [0, 0.05) is 25.7 Å². The lowest BCUT2D eigenvalue weighted by Crippen LogP contribution is -2.27. The average molecular weight is 315 g/mol. The van der Waals surface area contributed by atoms with Crippen molar-refractivity contribution >= 4 is 0 Å². The van der Waals surface area contributed by atoms with Gasteiger partial charge in [-0.2, -0.15) is 0 Å². The van der Waals surface area contributed by atoms with E-state index in [1.165, 1.54) is 5.56 Å². The predicted octanol–water partition coefficient (Wildman–Crippen LogP) is 3.45. The Hall–Kier alpha value is -1.72. The van der Waals surface area contributed by atoms with Crippen LogP contribution in [0.25, 0.3) is 0 Å². The first-order chi connectivity index (χ1) is 11.3. The van der Waals surface area contributed by atoms with Gasteiger partial charge in [-0.3, -0.25) is 5.32 Å². The fourth-order valence-electron chi connectivity index (χ4n) is 3.05. The van der Waals surface area contributed by atoms with Crippen molar-refractivity contribution in [3.05, 3.63) is 47.7 Å². The van der Waals surface area contributed by atoms with Crippen LogP contribution in [0.2, 0.25) is 0 Å². The second-order valence-corrected chi connectivity index (χ2v) is 6.20. The molecule has 2 heterocycles. The minimum Gasteiger partial charge on any atom is -0.424 e. The molecule has 1 saturated heterocycles. The fraction of sp³-hybridized carbons (Fsp3) is 0.556. The highest BCUT2D eigenvalue weighted by Crippen LogP contribution is 2.28. The lowest BCUT2D eigenvalue weighted by Gasteiger charge is -2.24. The maximum absolute atomic E-state index is 5.69. The third kappa shape index (κ3) is 4.18. The van der Waals surface area contributed by atoms with Crippen LogP contribution in [0, 0.1) is 5.92 Å². The third-order valence-corrected chi connectivity index (χ3v) is 4.40. The highest BCUT2D eigenvalue weighted by Gasteiger charge is 2.24. The van der Waals surface area contributed by atoms with Crippen molar-refractivity contribution in [2.75, 3.05) is 13.2 Å². The quantitative estimate of drug-likeness (QED) is 0.848. The van der Waals surface area contributed by atoms with E-state index in [2.05, 4.69) is 46.7 Å². The molecule has 1 fully saturated rings. The molecule has 0 spiro atoms. The van der Waals surface area contributed by atoms with Gasteiger partial charge in [-0.15, -0.1) is 10.2 Å². The summed E-state index contributed by atoms with van der Waals surface area (Å²) in [5, 5.41) is 11.9. The summed E-state index contributed by atoms with van der Waals surface area (Å²) in [6.07, 6.45) is 2.96. The van der Waals surface area contributed by atoms with Gasteiger partial charge in [-0.05, 0) is 31.2 Å². The molecule has 1 N–H and O–H groups in total. The number of rotatable bonds is 7. The lowest BCUT2D eigenvalue weighted by molar-refractivity contribution is 0.180. The number of hydrogen-bond acceptors (Lipinski definition) is 5. The minimum absolute atomic E-state index is 0.0235. The van der Waals surface area contributed by atoms with Crippen molar-refractivity contribution < 1.29 is 9.15 Å². The Balaban J connectivity index is 1.71. The maximum Gasteiger partial charge on any atom is 0.233 e. The van der Waals surface area contributed by atoms with E-state index in [0.717, 1.165) is 32.5 Å². The van der Waals surface area contributed by atoms with Crippen LogP contribution < -0.4 is 5.32 Å². The summed E-state index contributed by atoms with van der Waals surface area (Å²) in [4.78, 5) is 0. The molecule has 5 nitrogen and oxygen atoms in total. The molecule has 0 radical (unpaired) electrons. The second kappa shape index (κ2) is 7.70. The zero-order chi connectivity index (χ0) is 16.1. The van der Waals surface area contributed by atoms with E-state index in [1.54, 1.807) is 0 Å². The highest BCUT2D eigenvalue weighted by molar-refractivity contribution is 5.19. The third-order valence-electron chi connectivity index (χ3n) is 4.40. The first-order valence-corrected chi connectivity index (χ1v) is 8.47. The summed E-state index contributed by atoms with van der Waals surface area (Å²) in [6.45, 7) is 5.83. The Morgan fingerprint density at radius 3 is 2.74 bits per heavy atom. The summed E-state index contributed by atoms with van der Waals surface area (Å²) in [5.41, 5.74) is 1.29. The molecular formula is C18H25N3O2. The van der Waals surface area contributed by atoms with Crippen LogP contribution in [0.15, 0.2) is 34.7 Å². The Morgan fingerprint density at radius 1 is 1.26 bits per heavy atom. The van der Waals surface area contributed by atoms with Gasteiger partial charge >= 0.3 is 0 Å². The molecule has 5 heteroatoms. The number of hydrogen-bond donors (Lipinski definition) is 1. The zero-order valence-electron chi connectivity index (χ0n) is 13.9. The van der Waals surface area contributed by atoms with E-state index in [4.69, 9.17) is 9.15 Å². The molecule has 2 aromatic rings.